The van der Waals surface area contributed by atoms with Crippen molar-refractivity contribution in [2.24, 2.45) is 5.92 Å². The van der Waals surface area contributed by atoms with Gasteiger partial charge in [-0.25, -0.2) is 0 Å². The molecule has 0 aromatic heterocycles. The zero-order chi connectivity index (χ0) is 19.8. The average Bonchev–Trinajstić information content (AvgIpc) is 2.73. The number of carbonyl (C=O) groups is 2. The molecule has 0 unspecified atom stereocenters. The van der Waals surface area contributed by atoms with E-state index >= 15 is 0 Å². The minimum atomic E-state index is -0.221. The van der Waals surface area contributed by atoms with Crippen molar-refractivity contribution in [1.29, 1.82) is 0 Å². The summed E-state index contributed by atoms with van der Waals surface area (Å²) in [6.07, 6.45) is 4.34. The molecule has 2 aromatic carbocycles. The molecule has 5 heteroatoms. The number of ether oxygens (including phenoxy) is 1. The second-order valence-corrected chi connectivity index (χ2v) is 7.48. The van der Waals surface area contributed by atoms with Crippen LogP contribution in [0.3, 0.4) is 0 Å². The first-order valence-corrected chi connectivity index (χ1v) is 9.95. The standard InChI is InChI=1S/C23H28N2O3/c1-17-11-13-19(14-12-17)25-22(26)16-28-21-10-6-5-9-20(21)23(27)24-15-18-7-3-2-4-8-18/h2-10,17,19H,11-16H2,1H3,(H,24,27)(H,25,26). The largest absolute Gasteiger partial charge is 0.483 e. The normalized spacial score (nSPS) is 18.9. The fourth-order valence-electron chi connectivity index (χ4n) is 3.47. The summed E-state index contributed by atoms with van der Waals surface area (Å²) in [5.41, 5.74) is 1.45. The number of para-hydroxylation sites is 1. The lowest BCUT2D eigenvalue weighted by Crippen LogP contribution is -2.40. The van der Waals surface area contributed by atoms with Crippen molar-refractivity contribution >= 4 is 11.8 Å². The molecule has 148 valence electrons. The van der Waals surface area contributed by atoms with E-state index in [0.29, 0.717) is 17.9 Å². The van der Waals surface area contributed by atoms with Gasteiger partial charge in [-0.15, -0.1) is 0 Å². The van der Waals surface area contributed by atoms with E-state index in [1.54, 1.807) is 24.3 Å². The third-order valence-corrected chi connectivity index (χ3v) is 5.17. The highest BCUT2D eigenvalue weighted by Crippen LogP contribution is 2.23. The average molecular weight is 380 g/mol. The number of nitrogens with one attached hydrogen (secondary N) is 2. The van der Waals surface area contributed by atoms with Crippen LogP contribution in [-0.4, -0.2) is 24.5 Å². The molecule has 0 bridgehead atoms. The summed E-state index contributed by atoms with van der Waals surface area (Å²) in [6.45, 7) is 2.60. The highest BCUT2D eigenvalue weighted by molar-refractivity contribution is 5.97. The molecule has 0 saturated heterocycles. The Hall–Kier alpha value is -2.82. The number of amides is 2. The Balaban J connectivity index is 1.51. The molecule has 3 rings (SSSR count). The highest BCUT2D eigenvalue weighted by Gasteiger charge is 2.20. The van der Waals surface area contributed by atoms with E-state index in [0.717, 1.165) is 37.2 Å². The van der Waals surface area contributed by atoms with Crippen molar-refractivity contribution < 1.29 is 14.3 Å². The zero-order valence-corrected chi connectivity index (χ0v) is 16.3. The highest BCUT2D eigenvalue weighted by atomic mass is 16.5. The maximum absolute atomic E-state index is 12.5. The van der Waals surface area contributed by atoms with E-state index < -0.39 is 0 Å². The van der Waals surface area contributed by atoms with Gasteiger partial charge in [0, 0.05) is 12.6 Å². The molecule has 2 aromatic rings. The second kappa shape index (κ2) is 9.93. The van der Waals surface area contributed by atoms with Crippen LogP contribution in [0.1, 0.15) is 48.5 Å². The van der Waals surface area contributed by atoms with Crippen LogP contribution in [0.15, 0.2) is 54.6 Å². The molecule has 0 aliphatic heterocycles. The van der Waals surface area contributed by atoms with E-state index in [1.165, 1.54) is 0 Å². The van der Waals surface area contributed by atoms with Gasteiger partial charge in [-0.1, -0.05) is 49.4 Å². The summed E-state index contributed by atoms with van der Waals surface area (Å²) >= 11 is 0. The SMILES string of the molecule is CC1CCC(NC(=O)COc2ccccc2C(=O)NCc2ccccc2)CC1. The van der Waals surface area contributed by atoms with Crippen LogP contribution in [-0.2, 0) is 11.3 Å². The fraction of sp³-hybridized carbons (Fsp3) is 0.391. The van der Waals surface area contributed by atoms with Crippen LogP contribution in [0, 0.1) is 5.92 Å². The van der Waals surface area contributed by atoms with E-state index in [1.807, 2.05) is 30.3 Å². The molecule has 2 amide bonds. The van der Waals surface area contributed by atoms with Gasteiger partial charge in [0.1, 0.15) is 5.75 Å². The van der Waals surface area contributed by atoms with Gasteiger partial charge in [-0.2, -0.15) is 0 Å². The maximum atomic E-state index is 12.5. The van der Waals surface area contributed by atoms with Crippen molar-refractivity contribution in [3.05, 3.63) is 65.7 Å². The predicted octanol–water partition coefficient (Wildman–Crippen LogP) is 3.69. The lowest BCUT2D eigenvalue weighted by molar-refractivity contribution is -0.124. The minimum absolute atomic E-state index is 0.0883. The first-order valence-electron chi connectivity index (χ1n) is 9.95. The summed E-state index contributed by atoms with van der Waals surface area (Å²) in [5.74, 6) is 0.798. The van der Waals surface area contributed by atoms with Gasteiger partial charge in [-0.05, 0) is 49.3 Å². The first-order chi connectivity index (χ1) is 13.6. The summed E-state index contributed by atoms with van der Waals surface area (Å²) in [4.78, 5) is 24.8. The topological polar surface area (TPSA) is 67.4 Å². The van der Waals surface area contributed by atoms with E-state index in [9.17, 15) is 9.59 Å². The van der Waals surface area contributed by atoms with Crippen LogP contribution < -0.4 is 15.4 Å². The van der Waals surface area contributed by atoms with Crippen molar-refractivity contribution in [1.82, 2.24) is 10.6 Å². The van der Waals surface area contributed by atoms with Gasteiger partial charge in [0.2, 0.25) is 0 Å². The first kappa shape index (κ1) is 19.9. The molecule has 1 saturated carbocycles. The third kappa shape index (κ3) is 5.84. The van der Waals surface area contributed by atoms with Gasteiger partial charge in [0.15, 0.2) is 6.61 Å². The fourth-order valence-corrected chi connectivity index (χ4v) is 3.47. The molecule has 1 aliphatic rings. The second-order valence-electron chi connectivity index (χ2n) is 7.48. The molecule has 0 spiro atoms. The van der Waals surface area contributed by atoms with E-state index in [-0.39, 0.29) is 24.5 Å². The Morgan fingerprint density at radius 2 is 1.64 bits per heavy atom. The quantitative estimate of drug-likeness (QED) is 0.770. The van der Waals surface area contributed by atoms with Crippen LogP contribution in [0.25, 0.3) is 0 Å². The molecule has 0 radical (unpaired) electrons. The Kier molecular flexibility index (Phi) is 7.06. The molecule has 1 fully saturated rings. The monoisotopic (exact) mass is 380 g/mol. The van der Waals surface area contributed by atoms with Crippen molar-refractivity contribution in [3.63, 3.8) is 0 Å². The molecule has 28 heavy (non-hydrogen) atoms. The van der Waals surface area contributed by atoms with Gasteiger partial charge >= 0.3 is 0 Å². The summed E-state index contributed by atoms with van der Waals surface area (Å²) in [7, 11) is 0. The van der Waals surface area contributed by atoms with Gasteiger partial charge < -0.3 is 15.4 Å². The molecular weight excluding hydrogens is 352 g/mol. The van der Waals surface area contributed by atoms with Crippen molar-refractivity contribution in [2.45, 2.75) is 45.2 Å². The zero-order valence-electron chi connectivity index (χ0n) is 16.3. The van der Waals surface area contributed by atoms with Gasteiger partial charge in [0.25, 0.3) is 11.8 Å². The summed E-state index contributed by atoms with van der Waals surface area (Å²) < 4.78 is 5.66. The molecule has 0 atom stereocenters. The maximum Gasteiger partial charge on any atom is 0.258 e. The Bertz CT molecular complexity index is 783. The molecule has 0 heterocycles. The van der Waals surface area contributed by atoms with Gasteiger partial charge in [0.05, 0.1) is 5.56 Å². The number of carbonyl (C=O) groups excluding carboxylic acids is 2. The smallest absolute Gasteiger partial charge is 0.258 e. The minimum Gasteiger partial charge on any atom is -0.483 e. The number of hydrogen-bond donors (Lipinski definition) is 2. The Morgan fingerprint density at radius 1 is 0.964 bits per heavy atom. The molecular formula is C23H28N2O3. The number of rotatable bonds is 7. The molecule has 5 nitrogen and oxygen atoms in total. The van der Waals surface area contributed by atoms with Gasteiger partial charge in [-0.3, -0.25) is 9.59 Å². The van der Waals surface area contributed by atoms with Crippen LogP contribution >= 0.6 is 0 Å². The Morgan fingerprint density at radius 3 is 2.39 bits per heavy atom. The van der Waals surface area contributed by atoms with Crippen LogP contribution in [0.2, 0.25) is 0 Å². The van der Waals surface area contributed by atoms with E-state index in [2.05, 4.69) is 17.6 Å². The van der Waals surface area contributed by atoms with Crippen LogP contribution in [0.5, 0.6) is 5.75 Å². The van der Waals surface area contributed by atoms with E-state index in [4.69, 9.17) is 4.74 Å². The summed E-state index contributed by atoms with van der Waals surface area (Å²) in [5, 5.41) is 5.93. The van der Waals surface area contributed by atoms with Crippen LogP contribution in [0.4, 0.5) is 0 Å². The Labute approximate surface area is 166 Å². The number of hydrogen-bond acceptors (Lipinski definition) is 3. The number of benzene rings is 2. The molecule has 1 aliphatic carbocycles. The third-order valence-electron chi connectivity index (χ3n) is 5.17. The molecule has 2 N–H and O–H groups in total. The summed E-state index contributed by atoms with van der Waals surface area (Å²) in [6, 6.07) is 17.0. The van der Waals surface area contributed by atoms with Crippen molar-refractivity contribution in [2.75, 3.05) is 6.61 Å². The van der Waals surface area contributed by atoms with Crippen molar-refractivity contribution in [3.8, 4) is 5.75 Å². The lowest BCUT2D eigenvalue weighted by Gasteiger charge is -2.26. The lowest BCUT2D eigenvalue weighted by atomic mass is 9.87. The predicted molar refractivity (Wildman–Crippen MR) is 109 cm³/mol.